The minimum Gasteiger partial charge on any atom is -0.368 e. The molecule has 1 saturated heterocycles. The zero-order chi connectivity index (χ0) is 13.2. The molecule has 0 aromatic carbocycles. The lowest BCUT2D eigenvalue weighted by Gasteiger charge is -2.33. The number of anilines is 2. The van der Waals surface area contributed by atoms with Crippen molar-refractivity contribution in [3.8, 4) is 11.4 Å². The number of piperazine rings is 1. The van der Waals surface area contributed by atoms with Gasteiger partial charge in [-0.2, -0.15) is 4.98 Å². The van der Waals surface area contributed by atoms with E-state index >= 15 is 0 Å². The average molecular weight is 259 g/mol. The van der Waals surface area contributed by atoms with Gasteiger partial charge < -0.3 is 20.5 Å². The third-order valence-electron chi connectivity index (χ3n) is 3.33. The first kappa shape index (κ1) is 11.9. The molecule has 1 fully saturated rings. The van der Waals surface area contributed by atoms with Crippen LogP contribution in [0.3, 0.4) is 0 Å². The van der Waals surface area contributed by atoms with Gasteiger partial charge in [0.15, 0.2) is 0 Å². The number of H-pyrrole nitrogens is 1. The molecule has 2 aromatic rings. The maximum atomic E-state index is 5.81. The van der Waals surface area contributed by atoms with Crippen LogP contribution in [0.1, 0.15) is 0 Å². The Balaban J connectivity index is 1.90. The summed E-state index contributed by atoms with van der Waals surface area (Å²) in [5.41, 5.74) is 7.43. The molecule has 0 radical (unpaired) electrons. The first-order chi connectivity index (χ1) is 9.22. The number of nitrogens with one attached hydrogen (secondary N) is 1. The summed E-state index contributed by atoms with van der Waals surface area (Å²) in [7, 11) is 2.13. The fraction of sp³-hybridized carbons (Fsp3) is 0.417. The van der Waals surface area contributed by atoms with Crippen LogP contribution >= 0.6 is 0 Å². The Morgan fingerprint density at radius 3 is 2.68 bits per heavy atom. The summed E-state index contributed by atoms with van der Waals surface area (Å²) in [4.78, 5) is 20.2. The number of nitrogens with two attached hydrogens (primary N) is 1. The van der Waals surface area contributed by atoms with Gasteiger partial charge in [-0.25, -0.2) is 9.97 Å². The Morgan fingerprint density at radius 1 is 1.21 bits per heavy atom. The Labute approximate surface area is 111 Å². The van der Waals surface area contributed by atoms with Gasteiger partial charge in [0.25, 0.3) is 0 Å². The molecule has 0 amide bonds. The minimum atomic E-state index is 0.293. The molecule has 0 spiro atoms. The first-order valence-corrected chi connectivity index (χ1v) is 6.29. The standard InChI is InChI=1S/C12H17N7/c1-18-2-4-19(5-3-18)11-6-9(16-12(13)17-11)10-7-14-8-15-10/h6-8H,2-5H2,1H3,(H,14,15)(H2,13,16,17). The molecule has 1 aliphatic heterocycles. The Morgan fingerprint density at radius 2 is 2.00 bits per heavy atom. The predicted octanol–water partition coefficient (Wildman–Crippen LogP) is 0.201. The maximum Gasteiger partial charge on any atom is 0.222 e. The SMILES string of the molecule is CN1CCN(c2cc(-c3cnc[nH]3)nc(N)n2)CC1. The van der Waals surface area contributed by atoms with Crippen LogP contribution in [0.4, 0.5) is 11.8 Å². The van der Waals surface area contributed by atoms with Crippen molar-refractivity contribution in [2.24, 2.45) is 0 Å². The summed E-state index contributed by atoms with van der Waals surface area (Å²) in [5.74, 6) is 1.17. The molecule has 0 unspecified atom stereocenters. The maximum absolute atomic E-state index is 5.81. The highest BCUT2D eigenvalue weighted by Gasteiger charge is 2.17. The molecule has 1 aliphatic rings. The zero-order valence-corrected chi connectivity index (χ0v) is 10.9. The van der Waals surface area contributed by atoms with Crippen molar-refractivity contribution in [3.05, 3.63) is 18.6 Å². The number of imidazole rings is 1. The van der Waals surface area contributed by atoms with Gasteiger partial charge in [0, 0.05) is 32.2 Å². The topological polar surface area (TPSA) is 87.0 Å². The Kier molecular flexibility index (Phi) is 3.04. The van der Waals surface area contributed by atoms with Crippen LogP contribution in [0.2, 0.25) is 0 Å². The van der Waals surface area contributed by atoms with E-state index in [9.17, 15) is 0 Å². The second-order valence-corrected chi connectivity index (χ2v) is 4.73. The minimum absolute atomic E-state index is 0.293. The number of rotatable bonds is 2. The number of likely N-dealkylation sites (N-methyl/N-ethyl adjacent to an activating group) is 1. The van der Waals surface area contributed by atoms with Gasteiger partial charge in [-0.1, -0.05) is 0 Å². The van der Waals surface area contributed by atoms with E-state index in [-0.39, 0.29) is 0 Å². The molecule has 0 bridgehead atoms. The smallest absolute Gasteiger partial charge is 0.222 e. The van der Waals surface area contributed by atoms with E-state index < -0.39 is 0 Å². The van der Waals surface area contributed by atoms with Crippen LogP contribution in [-0.2, 0) is 0 Å². The molecular formula is C12H17N7. The summed E-state index contributed by atoms with van der Waals surface area (Å²) >= 11 is 0. The van der Waals surface area contributed by atoms with E-state index in [2.05, 4.69) is 36.8 Å². The van der Waals surface area contributed by atoms with Gasteiger partial charge in [-0.15, -0.1) is 0 Å². The van der Waals surface area contributed by atoms with Gasteiger partial charge >= 0.3 is 0 Å². The quantitative estimate of drug-likeness (QED) is 0.801. The molecule has 7 nitrogen and oxygen atoms in total. The average Bonchev–Trinajstić information content (AvgIpc) is 2.93. The van der Waals surface area contributed by atoms with E-state index in [1.54, 1.807) is 12.5 Å². The highest BCUT2D eigenvalue weighted by Crippen LogP contribution is 2.21. The van der Waals surface area contributed by atoms with Crippen LogP contribution < -0.4 is 10.6 Å². The van der Waals surface area contributed by atoms with Crippen molar-refractivity contribution in [2.45, 2.75) is 0 Å². The highest BCUT2D eigenvalue weighted by molar-refractivity contribution is 5.60. The number of nitrogen functional groups attached to an aromatic ring is 1. The molecule has 0 atom stereocenters. The lowest BCUT2D eigenvalue weighted by atomic mass is 10.2. The third-order valence-corrected chi connectivity index (χ3v) is 3.33. The highest BCUT2D eigenvalue weighted by atomic mass is 15.3. The molecule has 3 N–H and O–H groups in total. The number of hydrogen-bond acceptors (Lipinski definition) is 6. The first-order valence-electron chi connectivity index (χ1n) is 6.29. The van der Waals surface area contributed by atoms with Crippen LogP contribution in [0.5, 0.6) is 0 Å². The van der Waals surface area contributed by atoms with Crippen molar-refractivity contribution in [3.63, 3.8) is 0 Å². The van der Waals surface area contributed by atoms with E-state index in [4.69, 9.17) is 5.73 Å². The summed E-state index contributed by atoms with van der Waals surface area (Å²) in [6.45, 7) is 3.97. The normalized spacial score (nSPS) is 16.8. The van der Waals surface area contributed by atoms with Gasteiger partial charge in [-0.05, 0) is 7.05 Å². The molecule has 0 aliphatic carbocycles. The van der Waals surface area contributed by atoms with E-state index in [1.807, 2.05) is 6.07 Å². The van der Waals surface area contributed by atoms with Gasteiger partial charge in [0.2, 0.25) is 5.95 Å². The molecule has 3 rings (SSSR count). The van der Waals surface area contributed by atoms with Crippen LogP contribution in [0, 0.1) is 0 Å². The molecule has 7 heteroatoms. The van der Waals surface area contributed by atoms with Crippen LogP contribution in [0.25, 0.3) is 11.4 Å². The van der Waals surface area contributed by atoms with Crippen molar-refractivity contribution in [1.29, 1.82) is 0 Å². The summed E-state index contributed by atoms with van der Waals surface area (Å²) < 4.78 is 0. The van der Waals surface area contributed by atoms with Gasteiger partial charge in [0.05, 0.1) is 23.9 Å². The fourth-order valence-electron chi connectivity index (χ4n) is 2.18. The molecule has 3 heterocycles. The molecule has 100 valence electrons. The lowest BCUT2D eigenvalue weighted by molar-refractivity contribution is 0.312. The van der Waals surface area contributed by atoms with Crippen molar-refractivity contribution >= 4 is 11.8 Å². The van der Waals surface area contributed by atoms with Gasteiger partial charge in [0.1, 0.15) is 5.82 Å². The molecule has 2 aromatic heterocycles. The summed E-state index contributed by atoms with van der Waals surface area (Å²) in [6.07, 6.45) is 3.36. The number of hydrogen-bond donors (Lipinski definition) is 2. The van der Waals surface area contributed by atoms with Crippen molar-refractivity contribution < 1.29 is 0 Å². The molecule has 19 heavy (non-hydrogen) atoms. The fourth-order valence-corrected chi connectivity index (χ4v) is 2.18. The number of nitrogens with zero attached hydrogens (tertiary/aromatic N) is 5. The summed E-state index contributed by atoms with van der Waals surface area (Å²) in [5, 5.41) is 0. The van der Waals surface area contributed by atoms with E-state index in [0.29, 0.717) is 5.95 Å². The van der Waals surface area contributed by atoms with Crippen LogP contribution in [0.15, 0.2) is 18.6 Å². The Bertz CT molecular complexity index is 543. The zero-order valence-electron chi connectivity index (χ0n) is 10.9. The van der Waals surface area contributed by atoms with Gasteiger partial charge in [-0.3, -0.25) is 0 Å². The Hall–Kier alpha value is -2.15. The predicted molar refractivity (Wildman–Crippen MR) is 73.7 cm³/mol. The van der Waals surface area contributed by atoms with E-state index in [0.717, 1.165) is 43.4 Å². The second-order valence-electron chi connectivity index (χ2n) is 4.73. The third kappa shape index (κ3) is 2.50. The monoisotopic (exact) mass is 259 g/mol. The lowest BCUT2D eigenvalue weighted by Crippen LogP contribution is -2.44. The number of aromatic nitrogens is 4. The number of aromatic amines is 1. The molecular weight excluding hydrogens is 242 g/mol. The van der Waals surface area contributed by atoms with E-state index in [1.165, 1.54) is 0 Å². The summed E-state index contributed by atoms with van der Waals surface area (Å²) in [6, 6.07) is 1.95. The van der Waals surface area contributed by atoms with Crippen molar-refractivity contribution in [2.75, 3.05) is 43.9 Å². The molecule has 0 saturated carbocycles. The van der Waals surface area contributed by atoms with Crippen molar-refractivity contribution in [1.82, 2.24) is 24.8 Å². The largest absolute Gasteiger partial charge is 0.368 e. The second kappa shape index (κ2) is 4.85. The van der Waals surface area contributed by atoms with Crippen LogP contribution in [-0.4, -0.2) is 58.1 Å².